The van der Waals surface area contributed by atoms with Crippen LogP contribution in [0.2, 0.25) is 0 Å². The SMILES string of the molecule is CCN(CC(=O)N(C)C)C(=O)c1cc(N)ccc1OC. The van der Waals surface area contributed by atoms with E-state index < -0.39 is 0 Å². The molecule has 0 aliphatic heterocycles. The Morgan fingerprint density at radius 3 is 2.45 bits per heavy atom. The van der Waals surface area contributed by atoms with Gasteiger partial charge in [0.25, 0.3) is 5.91 Å². The lowest BCUT2D eigenvalue weighted by Gasteiger charge is -2.23. The van der Waals surface area contributed by atoms with Crippen LogP contribution < -0.4 is 10.5 Å². The molecule has 1 aromatic carbocycles. The molecule has 0 aromatic heterocycles. The molecule has 0 radical (unpaired) electrons. The van der Waals surface area contributed by atoms with Crippen molar-refractivity contribution in [3.8, 4) is 5.75 Å². The van der Waals surface area contributed by atoms with Crippen LogP contribution in [0, 0.1) is 0 Å². The van der Waals surface area contributed by atoms with Crippen LogP contribution >= 0.6 is 0 Å². The van der Waals surface area contributed by atoms with Crippen molar-refractivity contribution in [1.29, 1.82) is 0 Å². The number of anilines is 1. The Labute approximate surface area is 119 Å². The minimum absolute atomic E-state index is 0.0281. The maximum atomic E-state index is 12.5. The molecule has 0 fully saturated rings. The van der Waals surface area contributed by atoms with Crippen molar-refractivity contribution in [2.24, 2.45) is 0 Å². The number of rotatable bonds is 5. The standard InChI is InChI=1S/C14H21N3O3/c1-5-17(9-13(18)16(2)3)14(19)11-8-10(15)6-7-12(11)20-4/h6-8H,5,9,15H2,1-4H3. The fourth-order valence-corrected chi connectivity index (χ4v) is 1.69. The summed E-state index contributed by atoms with van der Waals surface area (Å²) in [5.41, 5.74) is 6.55. The monoisotopic (exact) mass is 279 g/mol. The molecule has 6 nitrogen and oxygen atoms in total. The van der Waals surface area contributed by atoms with E-state index in [1.807, 2.05) is 6.92 Å². The summed E-state index contributed by atoms with van der Waals surface area (Å²) < 4.78 is 5.17. The van der Waals surface area contributed by atoms with Crippen molar-refractivity contribution in [3.05, 3.63) is 23.8 Å². The second-order valence-corrected chi connectivity index (χ2v) is 4.57. The van der Waals surface area contributed by atoms with E-state index in [0.29, 0.717) is 23.5 Å². The largest absolute Gasteiger partial charge is 0.496 e. The molecule has 0 atom stereocenters. The van der Waals surface area contributed by atoms with Gasteiger partial charge in [0.15, 0.2) is 0 Å². The number of ether oxygens (including phenoxy) is 1. The highest BCUT2D eigenvalue weighted by Gasteiger charge is 2.21. The van der Waals surface area contributed by atoms with E-state index in [4.69, 9.17) is 10.5 Å². The van der Waals surface area contributed by atoms with Gasteiger partial charge in [0.05, 0.1) is 19.2 Å². The fourth-order valence-electron chi connectivity index (χ4n) is 1.69. The maximum Gasteiger partial charge on any atom is 0.258 e. The number of methoxy groups -OCH3 is 1. The summed E-state index contributed by atoms with van der Waals surface area (Å²) in [6, 6.07) is 4.87. The molecule has 0 aliphatic carbocycles. The van der Waals surface area contributed by atoms with Crippen LogP contribution in [0.3, 0.4) is 0 Å². The Bertz CT molecular complexity index is 500. The number of hydrogen-bond acceptors (Lipinski definition) is 4. The normalized spacial score (nSPS) is 10.0. The molecule has 1 rings (SSSR count). The van der Waals surface area contributed by atoms with Gasteiger partial charge in [-0.15, -0.1) is 0 Å². The Balaban J connectivity index is 3.02. The first-order chi connectivity index (χ1) is 9.40. The van der Waals surface area contributed by atoms with Crippen LogP contribution in [0.4, 0.5) is 5.69 Å². The summed E-state index contributed by atoms with van der Waals surface area (Å²) in [5.74, 6) is 0.0369. The van der Waals surface area contributed by atoms with Crippen LogP contribution in [0.1, 0.15) is 17.3 Å². The van der Waals surface area contributed by atoms with Gasteiger partial charge in [-0.25, -0.2) is 0 Å². The predicted molar refractivity (Wildman–Crippen MR) is 77.7 cm³/mol. The van der Waals surface area contributed by atoms with Gasteiger partial charge in [0.2, 0.25) is 5.91 Å². The summed E-state index contributed by atoms with van der Waals surface area (Å²) in [6.45, 7) is 2.27. The second-order valence-electron chi connectivity index (χ2n) is 4.57. The Kier molecular flexibility index (Phi) is 5.37. The lowest BCUT2D eigenvalue weighted by Crippen LogP contribution is -2.40. The van der Waals surface area contributed by atoms with Gasteiger partial charge >= 0.3 is 0 Å². The molecular weight excluding hydrogens is 258 g/mol. The van der Waals surface area contributed by atoms with Crippen LogP contribution in [0.15, 0.2) is 18.2 Å². The molecular formula is C14H21N3O3. The molecule has 0 bridgehead atoms. The molecule has 20 heavy (non-hydrogen) atoms. The minimum atomic E-state index is -0.271. The van der Waals surface area contributed by atoms with Gasteiger partial charge < -0.3 is 20.3 Å². The topological polar surface area (TPSA) is 75.9 Å². The first-order valence-electron chi connectivity index (χ1n) is 6.33. The molecule has 2 N–H and O–H groups in total. The van der Waals surface area contributed by atoms with Crippen molar-refractivity contribution >= 4 is 17.5 Å². The number of hydrogen-bond donors (Lipinski definition) is 1. The van der Waals surface area contributed by atoms with Crippen molar-refractivity contribution in [3.63, 3.8) is 0 Å². The van der Waals surface area contributed by atoms with Crippen LogP contribution in [-0.4, -0.2) is 55.9 Å². The molecule has 0 saturated heterocycles. The molecule has 0 aliphatic rings. The Morgan fingerprint density at radius 1 is 1.30 bits per heavy atom. The van der Waals surface area contributed by atoms with Gasteiger partial charge in [-0.1, -0.05) is 0 Å². The summed E-state index contributed by atoms with van der Waals surface area (Å²) in [4.78, 5) is 27.1. The first-order valence-corrected chi connectivity index (χ1v) is 6.33. The quantitative estimate of drug-likeness (QED) is 0.810. The van der Waals surface area contributed by atoms with E-state index in [9.17, 15) is 9.59 Å². The Hall–Kier alpha value is -2.24. The third kappa shape index (κ3) is 3.63. The van der Waals surface area contributed by atoms with Gasteiger partial charge in [0, 0.05) is 26.3 Å². The lowest BCUT2D eigenvalue weighted by molar-refractivity contribution is -0.129. The van der Waals surface area contributed by atoms with E-state index in [-0.39, 0.29) is 18.4 Å². The molecule has 6 heteroatoms. The number of carbonyl (C=O) groups excluding carboxylic acids is 2. The van der Waals surface area contributed by atoms with Gasteiger partial charge in [-0.3, -0.25) is 9.59 Å². The lowest BCUT2D eigenvalue weighted by atomic mass is 10.1. The number of nitrogen functional groups attached to an aromatic ring is 1. The number of nitrogens with zero attached hydrogens (tertiary/aromatic N) is 2. The summed E-state index contributed by atoms with van der Waals surface area (Å²) in [5, 5.41) is 0. The van der Waals surface area contributed by atoms with E-state index >= 15 is 0 Å². The zero-order chi connectivity index (χ0) is 15.3. The minimum Gasteiger partial charge on any atom is -0.496 e. The molecule has 2 amide bonds. The van der Waals surface area contributed by atoms with Crippen LogP contribution in [0.25, 0.3) is 0 Å². The smallest absolute Gasteiger partial charge is 0.258 e. The Morgan fingerprint density at radius 2 is 1.95 bits per heavy atom. The van der Waals surface area contributed by atoms with E-state index in [1.165, 1.54) is 16.9 Å². The molecule has 0 heterocycles. The zero-order valence-corrected chi connectivity index (χ0v) is 12.3. The summed E-state index contributed by atoms with van der Waals surface area (Å²) in [6.07, 6.45) is 0. The first kappa shape index (κ1) is 15.8. The molecule has 1 aromatic rings. The van der Waals surface area contributed by atoms with Crippen molar-refractivity contribution in [2.45, 2.75) is 6.92 Å². The predicted octanol–water partition coefficient (Wildman–Crippen LogP) is 0.828. The number of nitrogens with two attached hydrogens (primary N) is 1. The van der Waals surface area contributed by atoms with Crippen molar-refractivity contribution in [1.82, 2.24) is 9.80 Å². The van der Waals surface area contributed by atoms with Gasteiger partial charge in [0.1, 0.15) is 5.75 Å². The van der Waals surface area contributed by atoms with Crippen LogP contribution in [0.5, 0.6) is 5.75 Å². The van der Waals surface area contributed by atoms with Gasteiger partial charge in [-0.2, -0.15) is 0 Å². The van der Waals surface area contributed by atoms with Gasteiger partial charge in [-0.05, 0) is 25.1 Å². The number of amides is 2. The third-order valence-electron chi connectivity index (χ3n) is 2.95. The van der Waals surface area contributed by atoms with E-state index in [1.54, 1.807) is 32.3 Å². The molecule has 0 spiro atoms. The molecule has 110 valence electrons. The fraction of sp³-hybridized carbons (Fsp3) is 0.429. The zero-order valence-electron chi connectivity index (χ0n) is 12.3. The highest BCUT2D eigenvalue weighted by molar-refractivity contribution is 5.99. The van der Waals surface area contributed by atoms with E-state index in [2.05, 4.69) is 0 Å². The number of benzene rings is 1. The average molecular weight is 279 g/mol. The number of carbonyl (C=O) groups is 2. The average Bonchev–Trinajstić information content (AvgIpc) is 2.43. The number of likely N-dealkylation sites (N-methyl/N-ethyl adjacent to an activating group) is 2. The maximum absolute atomic E-state index is 12.5. The highest BCUT2D eigenvalue weighted by atomic mass is 16.5. The highest BCUT2D eigenvalue weighted by Crippen LogP contribution is 2.22. The van der Waals surface area contributed by atoms with Crippen molar-refractivity contribution in [2.75, 3.05) is 40.0 Å². The van der Waals surface area contributed by atoms with Crippen LogP contribution in [-0.2, 0) is 4.79 Å². The second kappa shape index (κ2) is 6.79. The summed E-state index contributed by atoms with van der Waals surface area (Å²) in [7, 11) is 4.80. The molecule has 0 unspecified atom stereocenters. The van der Waals surface area contributed by atoms with E-state index in [0.717, 1.165) is 0 Å². The van der Waals surface area contributed by atoms with Crippen molar-refractivity contribution < 1.29 is 14.3 Å². The summed E-state index contributed by atoms with van der Waals surface area (Å²) >= 11 is 0. The molecule has 0 saturated carbocycles. The third-order valence-corrected chi connectivity index (χ3v) is 2.95.